The van der Waals surface area contributed by atoms with Crippen molar-refractivity contribution in [3.8, 4) is 0 Å². The van der Waals surface area contributed by atoms with E-state index in [0.717, 1.165) is 57.6 Å². The number of carbonyl (C=O) groups excluding carboxylic acids is 1. The predicted octanol–water partition coefficient (Wildman–Crippen LogP) is 1.56. The number of hydrogen-bond donors (Lipinski definition) is 1. The number of hydrogen-bond acceptors (Lipinski definition) is 4. The van der Waals surface area contributed by atoms with Gasteiger partial charge in [-0.15, -0.1) is 0 Å². The molecule has 2 saturated heterocycles. The van der Waals surface area contributed by atoms with E-state index in [1.807, 2.05) is 11.8 Å². The molecule has 1 N–H and O–H groups in total. The van der Waals surface area contributed by atoms with E-state index in [-0.39, 0.29) is 17.9 Å². The topological polar surface area (TPSA) is 56.1 Å². The summed E-state index contributed by atoms with van der Waals surface area (Å²) < 4.78 is 0. The number of amides is 1. The van der Waals surface area contributed by atoms with Crippen LogP contribution in [0.1, 0.15) is 39.5 Å². The molecule has 0 aromatic carbocycles. The molecule has 0 aromatic rings. The van der Waals surface area contributed by atoms with Gasteiger partial charge < -0.3 is 10.1 Å². The van der Waals surface area contributed by atoms with Gasteiger partial charge in [0.25, 0.3) is 0 Å². The SMILES string of the molecule is CCC1CN(C(C)C(=O)N2CCCC2)CCC1=NO. The van der Waals surface area contributed by atoms with Crippen LogP contribution in [0.5, 0.6) is 0 Å². The molecule has 0 spiro atoms. The van der Waals surface area contributed by atoms with E-state index in [1.165, 1.54) is 0 Å². The van der Waals surface area contributed by atoms with E-state index >= 15 is 0 Å². The van der Waals surface area contributed by atoms with Gasteiger partial charge in [0, 0.05) is 38.5 Å². The zero-order chi connectivity index (χ0) is 13.8. The Balaban J connectivity index is 1.96. The fourth-order valence-corrected chi connectivity index (χ4v) is 3.15. The minimum Gasteiger partial charge on any atom is -0.411 e. The van der Waals surface area contributed by atoms with Crippen LogP contribution in [0.25, 0.3) is 0 Å². The molecule has 2 fully saturated rings. The van der Waals surface area contributed by atoms with E-state index in [0.29, 0.717) is 0 Å². The molecule has 0 aromatic heterocycles. The number of carbonyl (C=O) groups is 1. The summed E-state index contributed by atoms with van der Waals surface area (Å²) in [6.45, 7) is 7.59. The molecule has 0 aliphatic carbocycles. The summed E-state index contributed by atoms with van der Waals surface area (Å²) in [4.78, 5) is 16.6. The highest BCUT2D eigenvalue weighted by molar-refractivity contribution is 5.88. The lowest BCUT2D eigenvalue weighted by molar-refractivity contribution is -0.135. The second kappa shape index (κ2) is 6.37. The van der Waals surface area contributed by atoms with E-state index in [2.05, 4.69) is 17.0 Å². The molecule has 2 rings (SSSR count). The number of oxime groups is 1. The Morgan fingerprint density at radius 1 is 1.42 bits per heavy atom. The Kier molecular flexibility index (Phi) is 4.80. The summed E-state index contributed by atoms with van der Waals surface area (Å²) in [5.41, 5.74) is 0.888. The van der Waals surface area contributed by atoms with Crippen LogP contribution < -0.4 is 0 Å². The molecule has 2 aliphatic rings. The van der Waals surface area contributed by atoms with Crippen molar-refractivity contribution in [2.45, 2.75) is 45.6 Å². The van der Waals surface area contributed by atoms with Crippen LogP contribution in [0.4, 0.5) is 0 Å². The maximum absolute atomic E-state index is 12.4. The van der Waals surface area contributed by atoms with Gasteiger partial charge in [-0.1, -0.05) is 12.1 Å². The molecule has 2 atom stereocenters. The molecule has 2 heterocycles. The summed E-state index contributed by atoms with van der Waals surface area (Å²) in [5, 5.41) is 12.4. The first-order valence-electron chi connectivity index (χ1n) is 7.41. The molecule has 1 amide bonds. The molecule has 5 heteroatoms. The molecular weight excluding hydrogens is 242 g/mol. The Bertz CT molecular complexity index is 351. The smallest absolute Gasteiger partial charge is 0.239 e. The lowest BCUT2D eigenvalue weighted by Crippen LogP contribution is -2.51. The van der Waals surface area contributed by atoms with Crippen LogP contribution in [0, 0.1) is 5.92 Å². The highest BCUT2D eigenvalue weighted by Gasteiger charge is 2.32. The second-order valence-electron chi connectivity index (χ2n) is 5.65. The Morgan fingerprint density at radius 2 is 2.11 bits per heavy atom. The molecular formula is C14H25N3O2. The van der Waals surface area contributed by atoms with Crippen molar-refractivity contribution >= 4 is 11.6 Å². The van der Waals surface area contributed by atoms with Crippen LogP contribution in [0.15, 0.2) is 5.16 Å². The largest absolute Gasteiger partial charge is 0.411 e. The van der Waals surface area contributed by atoms with Crippen LogP contribution in [-0.4, -0.2) is 58.8 Å². The van der Waals surface area contributed by atoms with Gasteiger partial charge in [-0.3, -0.25) is 9.69 Å². The third kappa shape index (κ3) is 3.08. The first kappa shape index (κ1) is 14.3. The quantitative estimate of drug-likeness (QED) is 0.623. The van der Waals surface area contributed by atoms with E-state index in [4.69, 9.17) is 5.21 Å². The summed E-state index contributed by atoms with van der Waals surface area (Å²) in [6.07, 6.45) is 4.00. The van der Waals surface area contributed by atoms with Crippen molar-refractivity contribution < 1.29 is 10.0 Å². The summed E-state index contributed by atoms with van der Waals surface area (Å²) >= 11 is 0. The van der Waals surface area contributed by atoms with Gasteiger partial charge in [0.2, 0.25) is 5.91 Å². The fourth-order valence-electron chi connectivity index (χ4n) is 3.15. The first-order chi connectivity index (χ1) is 9.17. The van der Waals surface area contributed by atoms with Crippen molar-refractivity contribution in [3.63, 3.8) is 0 Å². The summed E-state index contributed by atoms with van der Waals surface area (Å²) in [6, 6.07) is -0.0487. The lowest BCUT2D eigenvalue weighted by Gasteiger charge is -2.37. The van der Waals surface area contributed by atoms with Gasteiger partial charge in [-0.05, 0) is 26.2 Å². The van der Waals surface area contributed by atoms with Gasteiger partial charge in [-0.25, -0.2) is 0 Å². The zero-order valence-corrected chi connectivity index (χ0v) is 12.0. The molecule has 5 nitrogen and oxygen atoms in total. The van der Waals surface area contributed by atoms with E-state index in [1.54, 1.807) is 0 Å². The van der Waals surface area contributed by atoms with Gasteiger partial charge in [0.1, 0.15) is 0 Å². The molecule has 0 saturated carbocycles. The Morgan fingerprint density at radius 3 is 2.68 bits per heavy atom. The molecule has 0 bridgehead atoms. The maximum atomic E-state index is 12.4. The third-order valence-corrected chi connectivity index (χ3v) is 4.53. The van der Waals surface area contributed by atoms with E-state index in [9.17, 15) is 4.79 Å². The van der Waals surface area contributed by atoms with Gasteiger partial charge >= 0.3 is 0 Å². The van der Waals surface area contributed by atoms with Gasteiger partial charge in [0.05, 0.1) is 11.8 Å². The van der Waals surface area contributed by atoms with Crippen molar-refractivity contribution in [2.75, 3.05) is 26.2 Å². The number of rotatable bonds is 3. The molecule has 0 radical (unpaired) electrons. The van der Waals surface area contributed by atoms with Crippen LogP contribution in [0.3, 0.4) is 0 Å². The summed E-state index contributed by atoms with van der Waals surface area (Å²) in [7, 11) is 0. The maximum Gasteiger partial charge on any atom is 0.239 e. The number of nitrogens with zero attached hydrogens (tertiary/aromatic N) is 3. The second-order valence-corrected chi connectivity index (χ2v) is 5.65. The fraction of sp³-hybridized carbons (Fsp3) is 0.857. The minimum atomic E-state index is -0.0487. The predicted molar refractivity (Wildman–Crippen MR) is 74.5 cm³/mol. The lowest BCUT2D eigenvalue weighted by atomic mass is 9.92. The highest BCUT2D eigenvalue weighted by Crippen LogP contribution is 2.21. The van der Waals surface area contributed by atoms with Crippen LogP contribution in [0.2, 0.25) is 0 Å². The highest BCUT2D eigenvalue weighted by atomic mass is 16.4. The van der Waals surface area contributed by atoms with Crippen molar-refractivity contribution in [2.24, 2.45) is 11.1 Å². The standard InChI is InChI=1S/C14H25N3O2/c1-3-12-10-17(9-6-13(12)15-19)11(2)14(18)16-7-4-5-8-16/h11-12,19H,3-10H2,1-2H3. The molecule has 2 unspecified atom stereocenters. The first-order valence-corrected chi connectivity index (χ1v) is 7.41. The van der Waals surface area contributed by atoms with Crippen molar-refractivity contribution in [1.29, 1.82) is 0 Å². The van der Waals surface area contributed by atoms with Crippen LogP contribution in [-0.2, 0) is 4.79 Å². The number of likely N-dealkylation sites (tertiary alicyclic amines) is 2. The summed E-state index contributed by atoms with van der Waals surface area (Å²) in [5.74, 6) is 0.546. The van der Waals surface area contributed by atoms with Crippen molar-refractivity contribution in [1.82, 2.24) is 9.80 Å². The third-order valence-electron chi connectivity index (χ3n) is 4.53. The van der Waals surface area contributed by atoms with Crippen LogP contribution >= 0.6 is 0 Å². The Hall–Kier alpha value is -1.10. The zero-order valence-electron chi connectivity index (χ0n) is 12.0. The van der Waals surface area contributed by atoms with Crippen molar-refractivity contribution in [3.05, 3.63) is 0 Å². The minimum absolute atomic E-state index is 0.0487. The monoisotopic (exact) mass is 267 g/mol. The molecule has 108 valence electrons. The molecule has 2 aliphatic heterocycles. The average Bonchev–Trinajstić information content (AvgIpc) is 2.99. The average molecular weight is 267 g/mol. The van der Waals surface area contributed by atoms with Gasteiger partial charge in [-0.2, -0.15) is 0 Å². The van der Waals surface area contributed by atoms with Gasteiger partial charge in [0.15, 0.2) is 0 Å². The number of piperidine rings is 1. The molecule has 19 heavy (non-hydrogen) atoms. The Labute approximate surface area is 115 Å². The normalized spacial score (nSPS) is 28.8. The van der Waals surface area contributed by atoms with E-state index < -0.39 is 0 Å².